The fraction of sp³-hybridized carbons (Fsp3) is 0.240. The summed E-state index contributed by atoms with van der Waals surface area (Å²) in [5.41, 5.74) is 4.49. The molecule has 1 aliphatic carbocycles. The molecule has 0 spiro atoms. The highest BCUT2D eigenvalue weighted by molar-refractivity contribution is 7.79. The molecule has 1 saturated carbocycles. The summed E-state index contributed by atoms with van der Waals surface area (Å²) < 4.78 is 33.1. The highest BCUT2D eigenvalue weighted by atomic mass is 32.2. The van der Waals surface area contributed by atoms with E-state index in [9.17, 15) is 13.6 Å². The van der Waals surface area contributed by atoms with Crippen molar-refractivity contribution in [1.82, 2.24) is 0 Å². The summed E-state index contributed by atoms with van der Waals surface area (Å²) in [6, 6.07) is 18.6. The lowest BCUT2D eigenvalue weighted by molar-refractivity contribution is -0.120. The highest BCUT2D eigenvalue weighted by Crippen LogP contribution is 2.51. The second-order valence-electron chi connectivity index (χ2n) is 8.15. The average Bonchev–Trinajstić information content (AvgIpc) is 3.46. The van der Waals surface area contributed by atoms with Crippen molar-refractivity contribution in [3.8, 4) is 22.6 Å². The Morgan fingerprint density at radius 2 is 1.68 bits per heavy atom. The number of benzene rings is 3. The largest absolute Gasteiger partial charge is 0.768 e. The van der Waals surface area contributed by atoms with Crippen LogP contribution in [0.2, 0.25) is 0 Å². The lowest BCUT2D eigenvalue weighted by Crippen LogP contribution is -2.22. The van der Waals surface area contributed by atoms with E-state index >= 15 is 0 Å². The van der Waals surface area contributed by atoms with E-state index in [1.165, 1.54) is 0 Å². The molecule has 5 rings (SSSR count). The van der Waals surface area contributed by atoms with Crippen molar-refractivity contribution < 1.29 is 23.0 Å². The van der Waals surface area contributed by atoms with Crippen molar-refractivity contribution in [2.75, 3.05) is 6.79 Å². The van der Waals surface area contributed by atoms with E-state index in [1.807, 2.05) is 43.3 Å². The van der Waals surface area contributed by atoms with E-state index in [0.29, 0.717) is 12.2 Å². The smallest absolute Gasteiger partial charge is 0.231 e. The number of Topliss-reactive ketones (excluding diaryl/α,β-unsaturated/α-hetero) is 1. The molecule has 3 aromatic rings. The Morgan fingerprint density at radius 1 is 0.968 bits per heavy atom. The molecule has 31 heavy (non-hydrogen) atoms. The van der Waals surface area contributed by atoms with E-state index in [1.54, 1.807) is 24.3 Å². The molecule has 0 aromatic heterocycles. The second-order valence-corrected chi connectivity index (χ2v) is 9.09. The number of fused-ring (bicyclic) bond motifs is 1. The van der Waals surface area contributed by atoms with Gasteiger partial charge in [-0.15, -0.1) is 0 Å². The molecule has 0 bridgehead atoms. The molecule has 3 aromatic carbocycles. The zero-order chi connectivity index (χ0) is 21.6. The van der Waals surface area contributed by atoms with Crippen LogP contribution in [-0.2, 0) is 27.7 Å². The minimum Gasteiger partial charge on any atom is -0.768 e. The fourth-order valence-electron chi connectivity index (χ4n) is 4.19. The summed E-state index contributed by atoms with van der Waals surface area (Å²) in [5.74, 6) is 1.64. The van der Waals surface area contributed by atoms with Crippen LogP contribution >= 0.6 is 0 Å². The number of ketones is 1. The van der Waals surface area contributed by atoms with Crippen LogP contribution in [0.25, 0.3) is 11.1 Å². The summed E-state index contributed by atoms with van der Waals surface area (Å²) in [5, 5.41) is 0. The van der Waals surface area contributed by atoms with Gasteiger partial charge < -0.3 is 14.0 Å². The molecule has 0 amide bonds. The van der Waals surface area contributed by atoms with Crippen molar-refractivity contribution >= 4 is 16.9 Å². The number of hydrogen-bond donors (Lipinski definition) is 0. The van der Waals surface area contributed by atoms with Gasteiger partial charge in [-0.1, -0.05) is 36.4 Å². The number of ether oxygens (including phenoxy) is 2. The van der Waals surface area contributed by atoms with Crippen molar-refractivity contribution in [3.05, 3.63) is 77.4 Å². The van der Waals surface area contributed by atoms with Crippen LogP contribution in [0.3, 0.4) is 0 Å². The van der Waals surface area contributed by atoms with Gasteiger partial charge in [0.1, 0.15) is 5.78 Å². The molecule has 1 fully saturated rings. The van der Waals surface area contributed by atoms with Gasteiger partial charge in [0.05, 0.1) is 5.41 Å². The zero-order valence-electron chi connectivity index (χ0n) is 17.1. The Labute approximate surface area is 183 Å². The van der Waals surface area contributed by atoms with E-state index in [0.717, 1.165) is 46.4 Å². The van der Waals surface area contributed by atoms with E-state index in [-0.39, 0.29) is 17.5 Å². The highest BCUT2D eigenvalue weighted by Gasteiger charge is 2.50. The number of carbonyl (C=O) groups is 1. The second kappa shape index (κ2) is 7.62. The first-order chi connectivity index (χ1) is 15.0. The molecular formula is C25H21O5S-. The normalized spacial score (nSPS) is 16.7. The lowest BCUT2D eigenvalue weighted by atomic mass is 9.86. The van der Waals surface area contributed by atoms with Crippen LogP contribution < -0.4 is 9.47 Å². The molecule has 0 N–H and O–H groups in total. The van der Waals surface area contributed by atoms with Crippen LogP contribution in [0.5, 0.6) is 11.5 Å². The quantitative estimate of drug-likeness (QED) is 0.536. The van der Waals surface area contributed by atoms with Gasteiger partial charge in [0.25, 0.3) is 0 Å². The van der Waals surface area contributed by atoms with Gasteiger partial charge in [-0.2, -0.15) is 0 Å². The van der Waals surface area contributed by atoms with Crippen molar-refractivity contribution in [3.63, 3.8) is 0 Å². The maximum Gasteiger partial charge on any atom is 0.231 e. The zero-order valence-corrected chi connectivity index (χ0v) is 17.9. The number of rotatable bonds is 6. The van der Waals surface area contributed by atoms with E-state index in [4.69, 9.17) is 9.47 Å². The van der Waals surface area contributed by atoms with Crippen molar-refractivity contribution in [2.24, 2.45) is 0 Å². The first-order valence-corrected chi connectivity index (χ1v) is 11.3. The Bertz CT molecular complexity index is 1200. The predicted octanol–water partition coefficient (Wildman–Crippen LogP) is 4.47. The summed E-state index contributed by atoms with van der Waals surface area (Å²) in [4.78, 5) is 13.6. The van der Waals surface area contributed by atoms with Crippen LogP contribution in [0.1, 0.15) is 29.5 Å². The molecule has 5 nitrogen and oxygen atoms in total. The first-order valence-electron chi connectivity index (χ1n) is 10.2. The molecule has 6 heteroatoms. The molecule has 1 heterocycles. The number of hydrogen-bond acceptors (Lipinski definition) is 5. The SMILES string of the molecule is Cc1ccc(-c2ccc(S(=O)[O-])cc2)cc1CC(=O)C1(c2ccc3c(c2)OCO3)CC1. The summed E-state index contributed by atoms with van der Waals surface area (Å²) in [6.45, 7) is 2.23. The van der Waals surface area contributed by atoms with E-state index in [2.05, 4.69) is 0 Å². The summed E-state index contributed by atoms with van der Waals surface area (Å²) in [7, 11) is 0. The molecule has 1 unspecified atom stereocenters. The molecule has 2 aliphatic rings. The van der Waals surface area contributed by atoms with Gasteiger partial charge in [-0.3, -0.25) is 9.00 Å². The van der Waals surface area contributed by atoms with Gasteiger partial charge >= 0.3 is 0 Å². The lowest BCUT2D eigenvalue weighted by Gasteiger charge is -2.17. The van der Waals surface area contributed by atoms with Crippen LogP contribution in [0.15, 0.2) is 65.6 Å². The number of aryl methyl sites for hydroxylation is 1. The summed E-state index contributed by atoms with van der Waals surface area (Å²) >= 11 is -2.24. The minimum absolute atomic E-state index is 0.212. The van der Waals surface area contributed by atoms with E-state index < -0.39 is 16.5 Å². The van der Waals surface area contributed by atoms with Gasteiger partial charge in [-0.05, 0) is 82.9 Å². The van der Waals surface area contributed by atoms with Crippen molar-refractivity contribution in [1.29, 1.82) is 0 Å². The molecule has 1 atom stereocenters. The third-order valence-corrected chi connectivity index (χ3v) is 6.95. The van der Waals surface area contributed by atoms with Crippen LogP contribution in [0, 0.1) is 6.92 Å². The Morgan fingerprint density at radius 3 is 2.39 bits per heavy atom. The molecule has 1 aliphatic heterocycles. The summed E-state index contributed by atoms with van der Waals surface area (Å²) in [6.07, 6.45) is 2.05. The Kier molecular flexibility index (Phi) is 4.91. The molecule has 0 saturated heterocycles. The molecule has 158 valence electrons. The van der Waals surface area contributed by atoms with Gasteiger partial charge in [0, 0.05) is 11.3 Å². The average molecular weight is 434 g/mol. The maximum absolute atomic E-state index is 13.4. The Balaban J connectivity index is 1.40. The topological polar surface area (TPSA) is 75.7 Å². The standard InChI is InChI=1S/C25H22O5S/c1-16-2-3-18(17-4-7-21(8-5-17)31(27)28)12-19(16)13-24(26)25(10-11-25)20-6-9-22-23(14-20)30-15-29-22/h2-9,12,14H,10-11,13,15H2,1H3,(H,27,28)/p-1. The third kappa shape index (κ3) is 3.66. The van der Waals surface area contributed by atoms with Gasteiger partial charge in [0.2, 0.25) is 6.79 Å². The van der Waals surface area contributed by atoms with Crippen LogP contribution in [0.4, 0.5) is 0 Å². The van der Waals surface area contributed by atoms with Gasteiger partial charge in [-0.25, -0.2) is 0 Å². The number of carbonyl (C=O) groups excluding carboxylic acids is 1. The Hall–Kier alpha value is -2.96. The maximum atomic E-state index is 13.4. The molecule has 0 radical (unpaired) electrons. The van der Waals surface area contributed by atoms with Crippen molar-refractivity contribution in [2.45, 2.75) is 36.5 Å². The fourth-order valence-corrected chi connectivity index (χ4v) is 4.55. The monoisotopic (exact) mass is 433 g/mol. The van der Waals surface area contributed by atoms with Crippen LogP contribution in [-0.4, -0.2) is 21.3 Å². The minimum atomic E-state index is -2.24. The molecular weight excluding hydrogens is 412 g/mol. The predicted molar refractivity (Wildman–Crippen MR) is 116 cm³/mol. The van der Waals surface area contributed by atoms with Gasteiger partial charge in [0.15, 0.2) is 11.5 Å². The first kappa shape index (κ1) is 20.0. The third-order valence-electron chi connectivity index (χ3n) is 6.29.